The lowest BCUT2D eigenvalue weighted by Crippen LogP contribution is -2.31. The number of methoxy groups -OCH3 is 2. The predicted molar refractivity (Wildman–Crippen MR) is 77.4 cm³/mol. The van der Waals surface area contributed by atoms with E-state index in [1.54, 1.807) is 14.2 Å². The highest BCUT2D eigenvalue weighted by Gasteiger charge is 2.11. The summed E-state index contributed by atoms with van der Waals surface area (Å²) >= 11 is 0. The molecule has 0 radical (unpaired) electrons. The summed E-state index contributed by atoms with van der Waals surface area (Å²) in [6.45, 7) is 6.06. The summed E-state index contributed by atoms with van der Waals surface area (Å²) in [5.41, 5.74) is 0. The average molecular weight is 267 g/mol. The zero-order chi connectivity index (χ0) is 14.1. The van der Waals surface area contributed by atoms with Gasteiger partial charge in [0.2, 0.25) is 0 Å². The fourth-order valence-corrected chi connectivity index (χ4v) is 1.87. The Labute approximate surface area is 116 Å². The van der Waals surface area contributed by atoms with Gasteiger partial charge in [0.05, 0.1) is 14.2 Å². The third kappa shape index (κ3) is 5.39. The van der Waals surface area contributed by atoms with E-state index in [0.717, 1.165) is 43.2 Å². The van der Waals surface area contributed by atoms with Crippen molar-refractivity contribution in [3.05, 3.63) is 18.2 Å². The zero-order valence-electron chi connectivity index (χ0n) is 12.4. The van der Waals surface area contributed by atoms with Gasteiger partial charge in [0, 0.05) is 24.7 Å². The van der Waals surface area contributed by atoms with Gasteiger partial charge in [0.25, 0.3) is 0 Å². The number of rotatable bonds is 9. The SMILES string of the molecule is CCCC(CNCC)Oc1cc(OC)cc(OC)c1. The first-order valence-corrected chi connectivity index (χ1v) is 6.83. The summed E-state index contributed by atoms with van der Waals surface area (Å²) in [6, 6.07) is 5.61. The topological polar surface area (TPSA) is 39.7 Å². The van der Waals surface area contributed by atoms with Gasteiger partial charge in [-0.1, -0.05) is 20.3 Å². The number of benzene rings is 1. The minimum absolute atomic E-state index is 0.168. The van der Waals surface area contributed by atoms with E-state index in [1.165, 1.54) is 0 Å². The summed E-state index contributed by atoms with van der Waals surface area (Å²) < 4.78 is 16.5. The molecule has 4 heteroatoms. The van der Waals surface area contributed by atoms with Crippen molar-refractivity contribution in [2.45, 2.75) is 32.8 Å². The van der Waals surface area contributed by atoms with Crippen LogP contribution in [0.5, 0.6) is 17.2 Å². The number of hydrogen-bond donors (Lipinski definition) is 1. The molecule has 0 aromatic heterocycles. The van der Waals surface area contributed by atoms with Crippen molar-refractivity contribution in [3.8, 4) is 17.2 Å². The molecule has 0 aliphatic carbocycles. The van der Waals surface area contributed by atoms with Crippen molar-refractivity contribution in [3.63, 3.8) is 0 Å². The first-order valence-electron chi connectivity index (χ1n) is 6.83. The monoisotopic (exact) mass is 267 g/mol. The first kappa shape index (κ1) is 15.6. The largest absolute Gasteiger partial charge is 0.496 e. The fourth-order valence-electron chi connectivity index (χ4n) is 1.87. The van der Waals surface area contributed by atoms with E-state index in [9.17, 15) is 0 Å². The Morgan fingerprint density at radius 2 is 1.58 bits per heavy atom. The highest BCUT2D eigenvalue weighted by molar-refractivity contribution is 5.42. The zero-order valence-corrected chi connectivity index (χ0v) is 12.4. The van der Waals surface area contributed by atoms with Gasteiger partial charge in [-0.3, -0.25) is 0 Å². The van der Waals surface area contributed by atoms with E-state index in [-0.39, 0.29) is 6.10 Å². The Bertz CT molecular complexity index is 346. The molecule has 1 unspecified atom stereocenters. The quantitative estimate of drug-likeness (QED) is 0.747. The molecule has 4 nitrogen and oxygen atoms in total. The van der Waals surface area contributed by atoms with E-state index >= 15 is 0 Å². The van der Waals surface area contributed by atoms with Crippen LogP contribution in [0.25, 0.3) is 0 Å². The van der Waals surface area contributed by atoms with Crippen molar-refractivity contribution >= 4 is 0 Å². The molecular formula is C15H25NO3. The Kier molecular flexibility index (Phi) is 7.11. The van der Waals surface area contributed by atoms with Crippen molar-refractivity contribution in [2.75, 3.05) is 27.3 Å². The van der Waals surface area contributed by atoms with Crippen molar-refractivity contribution in [1.82, 2.24) is 5.32 Å². The molecule has 19 heavy (non-hydrogen) atoms. The van der Waals surface area contributed by atoms with Crippen LogP contribution in [-0.4, -0.2) is 33.4 Å². The number of nitrogens with one attached hydrogen (secondary N) is 1. The lowest BCUT2D eigenvalue weighted by Gasteiger charge is -2.19. The fraction of sp³-hybridized carbons (Fsp3) is 0.600. The standard InChI is InChI=1S/C15H25NO3/c1-5-7-12(11-16-6-2)19-15-9-13(17-3)8-14(10-15)18-4/h8-10,12,16H,5-7,11H2,1-4H3. The molecule has 0 saturated heterocycles. The van der Waals surface area contributed by atoms with Crippen molar-refractivity contribution in [1.29, 1.82) is 0 Å². The van der Waals surface area contributed by atoms with Gasteiger partial charge in [0.1, 0.15) is 23.4 Å². The molecule has 0 saturated carbocycles. The number of ether oxygens (including phenoxy) is 3. The summed E-state index contributed by atoms with van der Waals surface area (Å²) in [5.74, 6) is 2.27. The lowest BCUT2D eigenvalue weighted by molar-refractivity contribution is 0.186. The van der Waals surface area contributed by atoms with Crippen LogP contribution >= 0.6 is 0 Å². The Morgan fingerprint density at radius 3 is 2.05 bits per heavy atom. The van der Waals surface area contributed by atoms with Gasteiger partial charge in [-0.25, -0.2) is 0 Å². The lowest BCUT2D eigenvalue weighted by atomic mass is 10.2. The van der Waals surface area contributed by atoms with Crippen LogP contribution in [-0.2, 0) is 0 Å². The molecule has 0 heterocycles. The minimum atomic E-state index is 0.168. The third-order valence-corrected chi connectivity index (χ3v) is 2.86. The maximum Gasteiger partial charge on any atom is 0.127 e. The molecule has 1 rings (SSSR count). The molecule has 1 aromatic carbocycles. The molecule has 0 bridgehead atoms. The molecular weight excluding hydrogens is 242 g/mol. The van der Waals surface area contributed by atoms with Crippen LogP contribution in [0.15, 0.2) is 18.2 Å². The Morgan fingerprint density at radius 1 is 1.00 bits per heavy atom. The van der Waals surface area contributed by atoms with Crippen molar-refractivity contribution < 1.29 is 14.2 Å². The second-order valence-corrected chi connectivity index (χ2v) is 4.38. The minimum Gasteiger partial charge on any atom is -0.496 e. The van der Waals surface area contributed by atoms with Gasteiger partial charge in [-0.15, -0.1) is 0 Å². The van der Waals surface area contributed by atoms with E-state index < -0.39 is 0 Å². The third-order valence-electron chi connectivity index (χ3n) is 2.86. The van der Waals surface area contributed by atoms with Crippen LogP contribution < -0.4 is 19.5 Å². The van der Waals surface area contributed by atoms with E-state index in [0.29, 0.717) is 0 Å². The number of hydrogen-bond acceptors (Lipinski definition) is 4. The van der Waals surface area contributed by atoms with E-state index in [4.69, 9.17) is 14.2 Å². The summed E-state index contributed by atoms with van der Waals surface area (Å²) in [7, 11) is 3.28. The predicted octanol–water partition coefficient (Wildman–Crippen LogP) is 2.86. The summed E-state index contributed by atoms with van der Waals surface area (Å²) in [4.78, 5) is 0. The average Bonchev–Trinajstić information content (AvgIpc) is 2.44. The highest BCUT2D eigenvalue weighted by Crippen LogP contribution is 2.28. The molecule has 0 fully saturated rings. The van der Waals surface area contributed by atoms with Gasteiger partial charge < -0.3 is 19.5 Å². The highest BCUT2D eigenvalue weighted by atomic mass is 16.5. The maximum atomic E-state index is 6.02. The van der Waals surface area contributed by atoms with Crippen LogP contribution in [0, 0.1) is 0 Å². The second kappa shape index (κ2) is 8.64. The van der Waals surface area contributed by atoms with Crippen molar-refractivity contribution in [2.24, 2.45) is 0 Å². The number of likely N-dealkylation sites (N-methyl/N-ethyl adjacent to an activating group) is 1. The first-order chi connectivity index (χ1) is 9.23. The normalized spacial score (nSPS) is 12.0. The molecule has 0 aliphatic rings. The Hall–Kier alpha value is -1.42. The van der Waals surface area contributed by atoms with Crippen LogP contribution in [0.1, 0.15) is 26.7 Å². The van der Waals surface area contributed by atoms with Crippen LogP contribution in [0.4, 0.5) is 0 Å². The van der Waals surface area contributed by atoms with Gasteiger partial charge >= 0.3 is 0 Å². The van der Waals surface area contributed by atoms with Gasteiger partial charge in [-0.2, -0.15) is 0 Å². The van der Waals surface area contributed by atoms with E-state index in [1.807, 2.05) is 18.2 Å². The smallest absolute Gasteiger partial charge is 0.127 e. The molecule has 0 aliphatic heterocycles. The Balaban J connectivity index is 2.76. The molecule has 108 valence electrons. The van der Waals surface area contributed by atoms with Crippen LogP contribution in [0.3, 0.4) is 0 Å². The van der Waals surface area contributed by atoms with Gasteiger partial charge in [-0.05, 0) is 13.0 Å². The summed E-state index contributed by atoms with van der Waals surface area (Å²) in [6.07, 6.45) is 2.28. The van der Waals surface area contributed by atoms with E-state index in [2.05, 4.69) is 19.2 Å². The molecule has 0 amide bonds. The maximum absolute atomic E-state index is 6.02. The second-order valence-electron chi connectivity index (χ2n) is 4.38. The molecule has 1 N–H and O–H groups in total. The molecule has 0 spiro atoms. The van der Waals surface area contributed by atoms with Crippen LogP contribution in [0.2, 0.25) is 0 Å². The summed E-state index contributed by atoms with van der Waals surface area (Å²) in [5, 5.41) is 3.32. The van der Waals surface area contributed by atoms with Gasteiger partial charge in [0.15, 0.2) is 0 Å². The molecule has 1 atom stereocenters. The molecule has 1 aromatic rings.